The first kappa shape index (κ1) is 24.3. The Morgan fingerprint density at radius 2 is 1.77 bits per heavy atom. The molecule has 2 aliphatic rings. The van der Waals surface area contributed by atoms with Gasteiger partial charge in [-0.1, -0.05) is 44.9 Å². The summed E-state index contributed by atoms with van der Waals surface area (Å²) in [6.45, 7) is 1.10. The molecule has 0 radical (unpaired) electrons. The molecule has 30 heavy (non-hydrogen) atoms. The summed E-state index contributed by atoms with van der Waals surface area (Å²) in [7, 11) is 0. The molecular weight excluding hydrogens is 446 g/mol. The van der Waals surface area contributed by atoms with Crippen LogP contribution < -0.4 is 16.0 Å². The summed E-state index contributed by atoms with van der Waals surface area (Å²) in [5.74, 6) is -0.649. The van der Waals surface area contributed by atoms with Gasteiger partial charge in [-0.2, -0.15) is 0 Å². The van der Waals surface area contributed by atoms with E-state index in [2.05, 4.69) is 36.9 Å². The highest BCUT2D eigenvalue weighted by Crippen LogP contribution is 2.19. The molecule has 2 rings (SSSR count). The third-order valence-corrected chi connectivity index (χ3v) is 6.23. The Balaban J connectivity index is 1.82. The fourth-order valence-corrected chi connectivity index (χ4v) is 4.02. The summed E-state index contributed by atoms with van der Waals surface area (Å²) in [5, 5.41) is 16.5. The van der Waals surface area contributed by atoms with Crippen LogP contribution in [0.1, 0.15) is 64.2 Å². The van der Waals surface area contributed by atoms with Crippen molar-refractivity contribution in [1.82, 2.24) is 16.0 Å². The molecule has 7 nitrogen and oxygen atoms in total. The summed E-state index contributed by atoms with van der Waals surface area (Å²) < 4.78 is 0.258. The van der Waals surface area contributed by atoms with E-state index in [1.54, 1.807) is 6.21 Å². The second-order valence-electron chi connectivity index (χ2n) is 7.86. The Morgan fingerprint density at radius 1 is 1.10 bits per heavy atom. The van der Waals surface area contributed by atoms with Crippen molar-refractivity contribution in [2.45, 2.75) is 70.3 Å². The van der Waals surface area contributed by atoms with Gasteiger partial charge in [0.25, 0.3) is 5.91 Å². The number of nitrogens with one attached hydrogen (secondary N) is 4. The van der Waals surface area contributed by atoms with E-state index >= 15 is 0 Å². The highest BCUT2D eigenvalue weighted by atomic mass is 79.9. The number of aliphatic imine (C=N–C) groups is 1. The van der Waals surface area contributed by atoms with Crippen molar-refractivity contribution in [3.05, 3.63) is 21.8 Å². The lowest BCUT2D eigenvalue weighted by molar-refractivity contribution is -0.123. The molecule has 0 atom stereocenters. The van der Waals surface area contributed by atoms with E-state index in [9.17, 15) is 9.59 Å². The Morgan fingerprint density at radius 3 is 2.37 bits per heavy atom. The molecule has 0 aromatic rings. The summed E-state index contributed by atoms with van der Waals surface area (Å²) in [6, 6.07) is 0.260. The zero-order chi connectivity index (χ0) is 21.6. The number of hydrogen-bond acceptors (Lipinski definition) is 5. The Bertz CT molecular complexity index is 677. The summed E-state index contributed by atoms with van der Waals surface area (Å²) in [4.78, 5) is 28.6. The fraction of sp³-hybridized carbons (Fsp3) is 0.636. The molecule has 0 unspecified atom stereocenters. The number of hydrogen-bond donors (Lipinski definition) is 4. The average molecular weight is 480 g/mol. The van der Waals surface area contributed by atoms with Gasteiger partial charge in [0, 0.05) is 31.6 Å². The van der Waals surface area contributed by atoms with Crippen LogP contribution in [0.3, 0.4) is 0 Å². The van der Waals surface area contributed by atoms with E-state index in [0.717, 1.165) is 44.2 Å². The second kappa shape index (κ2) is 14.1. The van der Waals surface area contributed by atoms with Crippen molar-refractivity contribution in [2.75, 3.05) is 19.6 Å². The van der Waals surface area contributed by atoms with Crippen LogP contribution >= 0.6 is 15.9 Å². The van der Waals surface area contributed by atoms with Crippen LogP contribution in [0.5, 0.6) is 0 Å². The number of nitrogens with zero attached hydrogens (tertiary/aromatic N) is 1. The van der Waals surface area contributed by atoms with Gasteiger partial charge in [0.2, 0.25) is 5.91 Å². The first-order valence-corrected chi connectivity index (χ1v) is 11.8. The molecule has 1 aliphatic heterocycles. The van der Waals surface area contributed by atoms with Crippen LogP contribution in [0.25, 0.3) is 0 Å². The van der Waals surface area contributed by atoms with Crippen molar-refractivity contribution in [2.24, 2.45) is 4.99 Å². The predicted octanol–water partition coefficient (Wildman–Crippen LogP) is 3.36. The van der Waals surface area contributed by atoms with Gasteiger partial charge in [-0.25, -0.2) is 0 Å². The predicted molar refractivity (Wildman–Crippen MR) is 125 cm³/mol. The molecule has 1 fully saturated rings. The van der Waals surface area contributed by atoms with E-state index in [1.807, 2.05) is 6.08 Å². The molecular formula is C22H34BrN5O2. The normalized spacial score (nSPS) is 19.2. The zero-order valence-corrected chi connectivity index (χ0v) is 19.2. The summed E-state index contributed by atoms with van der Waals surface area (Å²) in [5.41, 5.74) is 1.58. The quantitative estimate of drug-likeness (QED) is 0.316. The van der Waals surface area contributed by atoms with E-state index in [4.69, 9.17) is 5.41 Å². The molecule has 1 aliphatic carbocycles. The molecule has 4 N–H and O–H groups in total. The number of carbonyl (C=O) groups excluding carboxylic acids is 2. The topological polar surface area (TPSA) is 106 Å². The van der Waals surface area contributed by atoms with Gasteiger partial charge in [-0.15, -0.1) is 0 Å². The van der Waals surface area contributed by atoms with Gasteiger partial charge in [0.1, 0.15) is 4.48 Å². The van der Waals surface area contributed by atoms with Crippen LogP contribution in [-0.2, 0) is 9.59 Å². The van der Waals surface area contributed by atoms with Crippen LogP contribution in [0.2, 0.25) is 0 Å². The molecule has 0 saturated heterocycles. The summed E-state index contributed by atoms with van der Waals surface area (Å²) >= 11 is 3.31. The molecule has 1 heterocycles. The van der Waals surface area contributed by atoms with Gasteiger partial charge in [0.05, 0.1) is 12.2 Å². The highest BCUT2D eigenvalue weighted by molar-refractivity contribution is 9.12. The fourth-order valence-electron chi connectivity index (χ4n) is 3.65. The minimum atomic E-state index is -0.403. The number of rotatable bonds is 8. The molecule has 2 amide bonds. The molecule has 0 aromatic heterocycles. The largest absolute Gasteiger partial charge is 0.380 e. The van der Waals surface area contributed by atoms with Crippen LogP contribution in [0.15, 0.2) is 26.8 Å². The van der Waals surface area contributed by atoms with Gasteiger partial charge in [-0.3, -0.25) is 14.6 Å². The van der Waals surface area contributed by atoms with Crippen LogP contribution in [-0.4, -0.2) is 49.9 Å². The van der Waals surface area contributed by atoms with E-state index in [1.165, 1.54) is 38.3 Å². The lowest BCUT2D eigenvalue weighted by Gasteiger charge is -2.22. The van der Waals surface area contributed by atoms with Crippen molar-refractivity contribution >= 4 is 40.2 Å². The molecule has 0 aromatic carbocycles. The number of allylic oxidation sites excluding steroid dienone is 2. The zero-order valence-electron chi connectivity index (χ0n) is 17.6. The smallest absolute Gasteiger partial charge is 0.260 e. The lowest BCUT2D eigenvalue weighted by atomic mass is 9.97. The average Bonchev–Trinajstić information content (AvgIpc) is 2.78. The Labute approximate surface area is 187 Å². The number of halogens is 1. The molecule has 0 spiro atoms. The van der Waals surface area contributed by atoms with Gasteiger partial charge < -0.3 is 21.4 Å². The van der Waals surface area contributed by atoms with Crippen molar-refractivity contribution < 1.29 is 9.59 Å². The number of carbonyl (C=O) groups is 2. The molecule has 166 valence electrons. The monoisotopic (exact) mass is 479 g/mol. The number of amides is 2. The Hall–Kier alpha value is -1.96. The maximum atomic E-state index is 12.5. The third kappa shape index (κ3) is 9.24. The minimum Gasteiger partial charge on any atom is -0.380 e. The van der Waals surface area contributed by atoms with Crippen LogP contribution in [0.4, 0.5) is 0 Å². The van der Waals surface area contributed by atoms with E-state index < -0.39 is 5.91 Å². The van der Waals surface area contributed by atoms with E-state index in [0.29, 0.717) is 12.2 Å². The van der Waals surface area contributed by atoms with Crippen LogP contribution in [0, 0.1) is 5.41 Å². The maximum Gasteiger partial charge on any atom is 0.260 e. The first-order chi connectivity index (χ1) is 14.6. The van der Waals surface area contributed by atoms with E-state index in [-0.39, 0.29) is 23.0 Å². The lowest BCUT2D eigenvalue weighted by Crippen LogP contribution is -2.39. The Kier molecular flexibility index (Phi) is 11.4. The number of dihydropyridines is 1. The van der Waals surface area contributed by atoms with Gasteiger partial charge in [0.15, 0.2) is 0 Å². The maximum absolute atomic E-state index is 12.5. The third-order valence-electron chi connectivity index (χ3n) is 5.44. The minimum absolute atomic E-state index is 0.107. The first-order valence-electron chi connectivity index (χ1n) is 11.0. The van der Waals surface area contributed by atoms with Crippen molar-refractivity contribution in [1.29, 1.82) is 5.41 Å². The molecule has 8 heteroatoms. The van der Waals surface area contributed by atoms with Crippen molar-refractivity contribution in [3.63, 3.8) is 0 Å². The standard InChI is InChI=1S/C22H34BrN5O2/c23-21(19(14-24)28-18-8-6-4-2-1-3-5-7-9-18)22(30)27-16-20(29)26-15-17-10-12-25-13-11-17/h10,12,14,18,24,28H,1-9,11,13,15-16H2,(H,26,29)(H,27,30)/b21-19-,24-14?. The summed E-state index contributed by atoms with van der Waals surface area (Å²) in [6.07, 6.45) is 16.5. The molecule has 0 bridgehead atoms. The molecule has 1 saturated carbocycles. The highest BCUT2D eigenvalue weighted by Gasteiger charge is 2.17. The van der Waals surface area contributed by atoms with Gasteiger partial charge >= 0.3 is 0 Å². The second-order valence-corrected chi connectivity index (χ2v) is 8.65. The van der Waals surface area contributed by atoms with Gasteiger partial charge in [-0.05, 0) is 46.8 Å². The SMILES string of the molecule is N=C/C(NC1CCCCCCCCC1)=C(/Br)C(=O)NCC(=O)NCC1=CC=NCC1. The van der Waals surface area contributed by atoms with Crippen molar-refractivity contribution in [3.8, 4) is 0 Å².